The van der Waals surface area contributed by atoms with Gasteiger partial charge in [0.25, 0.3) is 0 Å². The maximum absolute atomic E-state index is 11.8. The Hall–Kier alpha value is -1.39. The summed E-state index contributed by atoms with van der Waals surface area (Å²) in [5, 5.41) is 13.7. The first-order chi connectivity index (χ1) is 10.2. The van der Waals surface area contributed by atoms with Crippen molar-refractivity contribution >= 4 is 5.91 Å². The molecule has 21 heavy (non-hydrogen) atoms. The first kappa shape index (κ1) is 16.0. The van der Waals surface area contributed by atoms with E-state index < -0.39 is 5.60 Å². The molecule has 0 bridgehead atoms. The van der Waals surface area contributed by atoms with Crippen molar-refractivity contribution in [2.24, 2.45) is 0 Å². The first-order valence-electron chi connectivity index (χ1n) is 7.81. The molecule has 1 aliphatic rings. The van der Waals surface area contributed by atoms with Gasteiger partial charge in [0.1, 0.15) is 5.60 Å². The van der Waals surface area contributed by atoms with Gasteiger partial charge in [-0.25, -0.2) is 0 Å². The van der Waals surface area contributed by atoms with Crippen LogP contribution in [0.1, 0.15) is 43.7 Å². The second-order valence-electron chi connectivity index (χ2n) is 5.62. The van der Waals surface area contributed by atoms with Crippen LogP contribution in [0.4, 0.5) is 0 Å². The summed E-state index contributed by atoms with van der Waals surface area (Å²) in [6, 6.07) is 7.97. The highest BCUT2D eigenvalue weighted by atomic mass is 16.5. The van der Waals surface area contributed by atoms with Crippen molar-refractivity contribution in [2.75, 3.05) is 19.8 Å². The monoisotopic (exact) mass is 291 g/mol. The molecule has 0 saturated carbocycles. The Balaban J connectivity index is 1.86. The third-order valence-electron chi connectivity index (χ3n) is 4.03. The maximum Gasteiger partial charge on any atom is 0.220 e. The predicted octanol–water partition coefficient (Wildman–Crippen LogP) is 2.14. The van der Waals surface area contributed by atoms with Gasteiger partial charge in [-0.15, -0.1) is 0 Å². The van der Waals surface area contributed by atoms with E-state index in [0.29, 0.717) is 32.5 Å². The summed E-state index contributed by atoms with van der Waals surface area (Å²) in [5.41, 5.74) is 1.23. The van der Waals surface area contributed by atoms with Gasteiger partial charge in [-0.3, -0.25) is 4.79 Å². The third kappa shape index (κ3) is 4.29. The fourth-order valence-electron chi connectivity index (χ4n) is 2.89. The van der Waals surface area contributed by atoms with E-state index >= 15 is 0 Å². The van der Waals surface area contributed by atoms with Crippen LogP contribution in [-0.2, 0) is 21.6 Å². The van der Waals surface area contributed by atoms with Gasteiger partial charge in [0.2, 0.25) is 5.91 Å². The molecule has 2 N–H and O–H groups in total. The van der Waals surface area contributed by atoms with Crippen LogP contribution in [0.2, 0.25) is 0 Å². The smallest absolute Gasteiger partial charge is 0.220 e. The lowest BCUT2D eigenvalue weighted by atomic mass is 9.79. The lowest BCUT2D eigenvalue weighted by Gasteiger charge is -2.34. The van der Waals surface area contributed by atoms with Crippen molar-refractivity contribution in [3.63, 3.8) is 0 Å². The van der Waals surface area contributed by atoms with Crippen LogP contribution in [0.5, 0.6) is 0 Å². The molecule has 1 amide bonds. The van der Waals surface area contributed by atoms with Gasteiger partial charge in [-0.2, -0.15) is 0 Å². The van der Waals surface area contributed by atoms with Crippen LogP contribution < -0.4 is 5.32 Å². The normalized spacial score (nSPS) is 20.9. The average Bonchev–Trinajstić information content (AvgIpc) is 2.50. The Kier molecular flexibility index (Phi) is 5.76. The van der Waals surface area contributed by atoms with Crippen LogP contribution in [0.25, 0.3) is 0 Å². The number of hydrogen-bond acceptors (Lipinski definition) is 3. The van der Waals surface area contributed by atoms with Gasteiger partial charge in [0, 0.05) is 19.6 Å². The van der Waals surface area contributed by atoms with Crippen LogP contribution in [0.15, 0.2) is 24.3 Å². The van der Waals surface area contributed by atoms with Gasteiger partial charge in [-0.1, -0.05) is 24.3 Å². The van der Waals surface area contributed by atoms with E-state index in [0.717, 1.165) is 18.4 Å². The predicted molar refractivity (Wildman–Crippen MR) is 82.0 cm³/mol. The van der Waals surface area contributed by atoms with E-state index in [1.54, 1.807) is 0 Å². The lowest BCUT2D eigenvalue weighted by molar-refractivity contribution is -0.123. The summed E-state index contributed by atoms with van der Waals surface area (Å²) in [5.74, 6) is -0.0221. The van der Waals surface area contributed by atoms with E-state index in [1.165, 1.54) is 5.56 Å². The molecule has 0 heterocycles. The molecule has 4 nitrogen and oxygen atoms in total. The number of hydrogen-bond donors (Lipinski definition) is 2. The summed E-state index contributed by atoms with van der Waals surface area (Å²) in [4.78, 5) is 11.8. The van der Waals surface area contributed by atoms with Crippen molar-refractivity contribution in [2.45, 2.75) is 44.6 Å². The minimum atomic E-state index is -0.926. The third-order valence-corrected chi connectivity index (χ3v) is 4.03. The molecule has 4 heteroatoms. The summed E-state index contributed by atoms with van der Waals surface area (Å²) < 4.78 is 5.22. The molecule has 116 valence electrons. The summed E-state index contributed by atoms with van der Waals surface area (Å²) in [7, 11) is 0. The van der Waals surface area contributed by atoms with Crippen LogP contribution in [0, 0.1) is 0 Å². The van der Waals surface area contributed by atoms with Gasteiger partial charge in [0.15, 0.2) is 0 Å². The first-order valence-corrected chi connectivity index (χ1v) is 7.81. The minimum Gasteiger partial charge on any atom is -0.383 e. The molecule has 0 radical (unpaired) electrons. The second kappa shape index (κ2) is 7.57. The Morgan fingerprint density at radius 1 is 1.43 bits per heavy atom. The molecule has 1 aromatic rings. The standard InChI is InChI=1S/C17H25NO3/c1-2-21-12-6-10-16(19)18-13-17(20)11-5-8-14-7-3-4-9-15(14)17/h3-4,7,9,20H,2,5-6,8,10-13H2,1H3,(H,18,19). The number of aliphatic hydroxyl groups is 1. The maximum atomic E-state index is 11.8. The Morgan fingerprint density at radius 2 is 2.24 bits per heavy atom. The van der Waals surface area contributed by atoms with Gasteiger partial charge in [-0.05, 0) is 43.7 Å². The number of fused-ring (bicyclic) bond motifs is 1. The number of rotatable bonds is 7. The summed E-state index contributed by atoms with van der Waals surface area (Å²) in [6.45, 7) is 3.52. The Morgan fingerprint density at radius 3 is 3.05 bits per heavy atom. The zero-order valence-electron chi connectivity index (χ0n) is 12.7. The molecule has 1 unspecified atom stereocenters. The zero-order chi connectivity index (χ0) is 15.1. The SMILES string of the molecule is CCOCCCC(=O)NCC1(O)CCCc2ccccc21. The van der Waals surface area contributed by atoms with Crippen LogP contribution in [0.3, 0.4) is 0 Å². The molecule has 1 atom stereocenters. The van der Waals surface area contributed by atoms with Crippen molar-refractivity contribution < 1.29 is 14.6 Å². The molecular weight excluding hydrogens is 266 g/mol. The highest BCUT2D eigenvalue weighted by molar-refractivity contribution is 5.75. The molecule has 0 saturated heterocycles. The van der Waals surface area contributed by atoms with E-state index in [2.05, 4.69) is 11.4 Å². The largest absolute Gasteiger partial charge is 0.383 e. The number of amides is 1. The number of nitrogens with one attached hydrogen (secondary N) is 1. The van der Waals surface area contributed by atoms with Gasteiger partial charge < -0.3 is 15.2 Å². The zero-order valence-corrected chi connectivity index (χ0v) is 12.7. The fraction of sp³-hybridized carbons (Fsp3) is 0.588. The number of ether oxygens (including phenoxy) is 1. The molecule has 1 aromatic carbocycles. The molecule has 1 aliphatic carbocycles. The Bertz CT molecular complexity index is 475. The van der Waals surface area contributed by atoms with E-state index in [4.69, 9.17) is 4.74 Å². The lowest BCUT2D eigenvalue weighted by Crippen LogP contribution is -2.43. The summed E-state index contributed by atoms with van der Waals surface area (Å²) >= 11 is 0. The van der Waals surface area contributed by atoms with Crippen molar-refractivity contribution in [3.05, 3.63) is 35.4 Å². The molecule has 0 aromatic heterocycles. The van der Waals surface area contributed by atoms with Crippen molar-refractivity contribution in [1.82, 2.24) is 5.32 Å². The van der Waals surface area contributed by atoms with Crippen LogP contribution >= 0.6 is 0 Å². The van der Waals surface area contributed by atoms with Crippen LogP contribution in [-0.4, -0.2) is 30.8 Å². The number of carbonyl (C=O) groups excluding carboxylic acids is 1. The highest BCUT2D eigenvalue weighted by Crippen LogP contribution is 2.34. The summed E-state index contributed by atoms with van der Waals surface area (Å²) in [6.07, 6.45) is 3.81. The number of aryl methyl sites for hydroxylation is 1. The molecular formula is C17H25NO3. The highest BCUT2D eigenvalue weighted by Gasteiger charge is 2.34. The van der Waals surface area contributed by atoms with E-state index in [1.807, 2.05) is 25.1 Å². The quantitative estimate of drug-likeness (QED) is 0.757. The van der Waals surface area contributed by atoms with E-state index in [9.17, 15) is 9.90 Å². The molecule has 0 spiro atoms. The fourth-order valence-corrected chi connectivity index (χ4v) is 2.89. The molecule has 2 rings (SSSR count). The van der Waals surface area contributed by atoms with Gasteiger partial charge in [0.05, 0.1) is 6.54 Å². The topological polar surface area (TPSA) is 58.6 Å². The van der Waals surface area contributed by atoms with Crippen molar-refractivity contribution in [3.8, 4) is 0 Å². The second-order valence-corrected chi connectivity index (χ2v) is 5.62. The molecule has 0 aliphatic heterocycles. The van der Waals surface area contributed by atoms with E-state index in [-0.39, 0.29) is 12.5 Å². The Labute approximate surface area is 126 Å². The minimum absolute atomic E-state index is 0.0221. The number of carbonyl (C=O) groups is 1. The van der Waals surface area contributed by atoms with Gasteiger partial charge >= 0.3 is 0 Å². The average molecular weight is 291 g/mol. The molecule has 0 fully saturated rings. The van der Waals surface area contributed by atoms with Crippen molar-refractivity contribution in [1.29, 1.82) is 0 Å². The number of benzene rings is 1.